The van der Waals surface area contributed by atoms with E-state index >= 15 is 0 Å². The van der Waals surface area contributed by atoms with Crippen molar-refractivity contribution in [3.63, 3.8) is 0 Å². The van der Waals surface area contributed by atoms with E-state index < -0.39 is 0 Å². The number of ether oxygens (including phenoxy) is 1. The van der Waals surface area contributed by atoms with Gasteiger partial charge in [0.1, 0.15) is 11.5 Å². The summed E-state index contributed by atoms with van der Waals surface area (Å²) in [5, 5.41) is 0. The van der Waals surface area contributed by atoms with Gasteiger partial charge in [-0.25, -0.2) is 4.99 Å². The Morgan fingerprint density at radius 2 is 2.17 bits per heavy atom. The van der Waals surface area contributed by atoms with Gasteiger partial charge >= 0.3 is 0 Å². The predicted molar refractivity (Wildman–Crippen MR) is 99.2 cm³/mol. The van der Waals surface area contributed by atoms with Gasteiger partial charge in [0.05, 0.1) is 18.5 Å². The summed E-state index contributed by atoms with van der Waals surface area (Å²) in [6, 6.07) is 6.21. The largest absolute Gasteiger partial charge is 0.494 e. The van der Waals surface area contributed by atoms with Crippen LogP contribution in [-0.2, 0) is 11.2 Å². The first-order valence-corrected chi connectivity index (χ1v) is 8.60. The standard InChI is InChI=1S/C20H25N3O/c1-4-5-6-8-15-11-16(22-14(15)2)12-19-20(24-3)13-18(23-19)17-9-7-10-21-17/h7,9-13,21-22H,4-6,8H2,1-3H3. The highest BCUT2D eigenvalue weighted by Gasteiger charge is 2.17. The molecule has 1 aliphatic rings. The molecule has 0 bridgehead atoms. The smallest absolute Gasteiger partial charge is 0.146 e. The van der Waals surface area contributed by atoms with E-state index in [-0.39, 0.29) is 0 Å². The molecule has 126 valence electrons. The van der Waals surface area contributed by atoms with Gasteiger partial charge in [0.2, 0.25) is 0 Å². The van der Waals surface area contributed by atoms with Crippen LogP contribution in [-0.4, -0.2) is 22.8 Å². The Bertz CT molecular complexity index is 776. The zero-order chi connectivity index (χ0) is 16.9. The molecule has 2 N–H and O–H groups in total. The van der Waals surface area contributed by atoms with E-state index in [1.54, 1.807) is 7.11 Å². The predicted octanol–water partition coefficient (Wildman–Crippen LogP) is 4.76. The van der Waals surface area contributed by atoms with Crippen LogP contribution >= 0.6 is 0 Å². The van der Waals surface area contributed by atoms with Crippen LogP contribution in [0.1, 0.15) is 48.8 Å². The molecule has 0 atom stereocenters. The van der Waals surface area contributed by atoms with E-state index in [9.17, 15) is 0 Å². The van der Waals surface area contributed by atoms with Crippen molar-refractivity contribution in [3.05, 3.63) is 64.6 Å². The second kappa shape index (κ2) is 7.39. The van der Waals surface area contributed by atoms with Crippen molar-refractivity contribution in [2.24, 2.45) is 4.99 Å². The Labute approximate surface area is 143 Å². The van der Waals surface area contributed by atoms with Crippen LogP contribution in [0.15, 0.2) is 46.9 Å². The third-order valence-corrected chi connectivity index (χ3v) is 4.34. The van der Waals surface area contributed by atoms with Gasteiger partial charge in [0.15, 0.2) is 0 Å². The second-order valence-electron chi connectivity index (χ2n) is 6.16. The van der Waals surface area contributed by atoms with Crippen LogP contribution in [0.5, 0.6) is 0 Å². The van der Waals surface area contributed by atoms with Crippen molar-refractivity contribution in [2.75, 3.05) is 7.11 Å². The number of hydrogen-bond donors (Lipinski definition) is 2. The monoisotopic (exact) mass is 323 g/mol. The molecule has 4 heteroatoms. The van der Waals surface area contributed by atoms with E-state index in [2.05, 4.69) is 36.0 Å². The van der Waals surface area contributed by atoms with Gasteiger partial charge in [-0.1, -0.05) is 19.8 Å². The number of allylic oxidation sites excluding steroid dienone is 1. The van der Waals surface area contributed by atoms with Crippen LogP contribution in [0.2, 0.25) is 0 Å². The number of nitrogens with zero attached hydrogens (tertiary/aromatic N) is 1. The highest BCUT2D eigenvalue weighted by atomic mass is 16.5. The number of rotatable bonds is 7. The topological polar surface area (TPSA) is 53.2 Å². The maximum Gasteiger partial charge on any atom is 0.146 e. The van der Waals surface area contributed by atoms with E-state index in [0.29, 0.717) is 0 Å². The second-order valence-corrected chi connectivity index (χ2v) is 6.16. The van der Waals surface area contributed by atoms with Gasteiger partial charge in [-0.15, -0.1) is 0 Å². The number of nitrogens with one attached hydrogen (secondary N) is 2. The van der Waals surface area contributed by atoms with Gasteiger partial charge in [0, 0.05) is 23.7 Å². The number of hydrogen-bond acceptors (Lipinski definition) is 2. The first-order valence-electron chi connectivity index (χ1n) is 8.60. The quantitative estimate of drug-likeness (QED) is 0.709. The lowest BCUT2D eigenvalue weighted by Gasteiger charge is -2.00. The molecular weight excluding hydrogens is 298 g/mol. The summed E-state index contributed by atoms with van der Waals surface area (Å²) in [6.45, 7) is 4.37. The molecule has 0 saturated heterocycles. The van der Waals surface area contributed by atoms with E-state index in [0.717, 1.165) is 35.0 Å². The summed E-state index contributed by atoms with van der Waals surface area (Å²) in [5.74, 6) is 0.791. The van der Waals surface area contributed by atoms with E-state index in [1.165, 1.54) is 30.5 Å². The molecule has 4 nitrogen and oxygen atoms in total. The number of aromatic amines is 2. The van der Waals surface area contributed by atoms with Crippen LogP contribution < -0.4 is 0 Å². The lowest BCUT2D eigenvalue weighted by atomic mass is 10.1. The number of aromatic nitrogens is 2. The van der Waals surface area contributed by atoms with Crippen molar-refractivity contribution in [1.82, 2.24) is 9.97 Å². The molecule has 0 spiro atoms. The first kappa shape index (κ1) is 16.4. The summed E-state index contributed by atoms with van der Waals surface area (Å²) in [5.41, 5.74) is 6.46. The Morgan fingerprint density at radius 1 is 1.29 bits per heavy atom. The molecule has 0 unspecified atom stereocenters. The lowest BCUT2D eigenvalue weighted by molar-refractivity contribution is 0.303. The van der Waals surface area contributed by atoms with Crippen molar-refractivity contribution >= 4 is 11.8 Å². The lowest BCUT2D eigenvalue weighted by Crippen LogP contribution is -1.93. The van der Waals surface area contributed by atoms with Gasteiger partial charge in [-0.05, 0) is 49.6 Å². The summed E-state index contributed by atoms with van der Waals surface area (Å²) >= 11 is 0. The number of aryl methyl sites for hydroxylation is 2. The summed E-state index contributed by atoms with van der Waals surface area (Å²) in [7, 11) is 1.68. The fourth-order valence-corrected chi connectivity index (χ4v) is 2.99. The summed E-state index contributed by atoms with van der Waals surface area (Å²) in [6.07, 6.45) is 10.8. The Morgan fingerprint density at radius 3 is 2.88 bits per heavy atom. The van der Waals surface area contributed by atoms with Crippen molar-refractivity contribution in [1.29, 1.82) is 0 Å². The minimum absolute atomic E-state index is 0.791. The Hall–Kier alpha value is -2.49. The van der Waals surface area contributed by atoms with E-state index in [4.69, 9.17) is 9.73 Å². The van der Waals surface area contributed by atoms with Gasteiger partial charge < -0.3 is 14.7 Å². The van der Waals surface area contributed by atoms with E-state index in [1.807, 2.05) is 24.4 Å². The maximum absolute atomic E-state index is 5.49. The molecule has 24 heavy (non-hydrogen) atoms. The Balaban J connectivity index is 1.83. The summed E-state index contributed by atoms with van der Waals surface area (Å²) < 4.78 is 5.49. The normalized spacial score (nSPS) is 15.7. The van der Waals surface area contributed by atoms with Crippen LogP contribution in [0.3, 0.4) is 0 Å². The third-order valence-electron chi connectivity index (χ3n) is 4.34. The molecule has 3 rings (SSSR count). The number of unbranched alkanes of at least 4 members (excludes halogenated alkanes) is 2. The Kier molecular flexibility index (Phi) is 5.04. The van der Waals surface area contributed by atoms with Gasteiger partial charge in [0.25, 0.3) is 0 Å². The molecule has 0 amide bonds. The van der Waals surface area contributed by atoms with Crippen LogP contribution in [0, 0.1) is 6.92 Å². The molecule has 0 saturated carbocycles. The molecule has 1 aliphatic heterocycles. The average Bonchev–Trinajstić information content (AvgIpc) is 3.28. The molecule has 0 radical (unpaired) electrons. The van der Waals surface area contributed by atoms with Gasteiger partial charge in [-0.3, -0.25) is 0 Å². The fourth-order valence-electron chi connectivity index (χ4n) is 2.99. The minimum Gasteiger partial charge on any atom is -0.494 e. The molecule has 2 aromatic heterocycles. The van der Waals surface area contributed by atoms with Crippen LogP contribution in [0.4, 0.5) is 0 Å². The number of methoxy groups -OCH3 is 1. The number of H-pyrrole nitrogens is 2. The first-order chi connectivity index (χ1) is 11.7. The SMILES string of the molecule is CCCCCc1cc(C=C2N=C(c3ccc[nH]3)C=C2OC)[nH]c1C. The van der Waals surface area contributed by atoms with Crippen molar-refractivity contribution < 1.29 is 4.74 Å². The molecule has 2 aromatic rings. The third kappa shape index (κ3) is 3.53. The molecule has 3 heterocycles. The number of aliphatic imine (C=N–C) groups is 1. The zero-order valence-electron chi connectivity index (χ0n) is 14.6. The molecule has 0 fully saturated rings. The van der Waals surface area contributed by atoms with Crippen molar-refractivity contribution in [2.45, 2.75) is 39.5 Å². The summed E-state index contributed by atoms with van der Waals surface area (Å²) in [4.78, 5) is 11.3. The molecule has 0 aliphatic carbocycles. The minimum atomic E-state index is 0.791. The maximum atomic E-state index is 5.49. The van der Waals surface area contributed by atoms with Crippen LogP contribution in [0.25, 0.3) is 6.08 Å². The zero-order valence-corrected chi connectivity index (χ0v) is 14.6. The fraction of sp³-hybridized carbons (Fsp3) is 0.350. The highest BCUT2D eigenvalue weighted by molar-refractivity contribution is 6.11. The average molecular weight is 323 g/mol. The molecular formula is C20H25N3O. The van der Waals surface area contributed by atoms with Gasteiger partial charge in [-0.2, -0.15) is 0 Å². The molecule has 0 aromatic carbocycles. The highest BCUT2D eigenvalue weighted by Crippen LogP contribution is 2.25. The van der Waals surface area contributed by atoms with Crippen molar-refractivity contribution in [3.8, 4) is 0 Å².